The normalized spacial score (nSPS) is 14.2. The van der Waals surface area contributed by atoms with E-state index < -0.39 is 5.91 Å². The van der Waals surface area contributed by atoms with Crippen LogP contribution in [-0.2, 0) is 0 Å². The van der Waals surface area contributed by atoms with Gasteiger partial charge in [-0.25, -0.2) is 9.97 Å². The average molecular weight is 339 g/mol. The number of benzene rings is 1. The van der Waals surface area contributed by atoms with Crippen LogP contribution in [0.1, 0.15) is 23.2 Å². The third kappa shape index (κ3) is 2.67. The standard InChI is InChI=1S/C17H17N5OS/c18-16(23)11-3-4-12(14(9-11)22-6-1-2-7-22)21-17-15-13(5-8-24-15)19-10-20-17/h3-5,8-10H,1-2,6-7H2,(H2,18,23)(H,19,20,21). The van der Waals surface area contributed by atoms with E-state index in [2.05, 4.69) is 20.2 Å². The molecule has 1 saturated heterocycles. The van der Waals surface area contributed by atoms with Crippen molar-refractivity contribution in [1.82, 2.24) is 9.97 Å². The van der Waals surface area contributed by atoms with Crippen molar-refractivity contribution >= 4 is 44.7 Å². The number of carbonyl (C=O) groups excluding carboxylic acids is 1. The number of nitrogens with two attached hydrogens (primary N) is 1. The van der Waals surface area contributed by atoms with Gasteiger partial charge in [-0.05, 0) is 42.5 Å². The van der Waals surface area contributed by atoms with E-state index in [9.17, 15) is 4.79 Å². The molecule has 122 valence electrons. The smallest absolute Gasteiger partial charge is 0.248 e. The zero-order valence-electron chi connectivity index (χ0n) is 13.0. The van der Waals surface area contributed by atoms with Crippen molar-refractivity contribution in [3.05, 3.63) is 41.5 Å². The van der Waals surface area contributed by atoms with Crippen molar-refractivity contribution in [2.75, 3.05) is 23.3 Å². The summed E-state index contributed by atoms with van der Waals surface area (Å²) in [5.41, 5.74) is 8.81. The lowest BCUT2D eigenvalue weighted by Crippen LogP contribution is -2.20. The number of thiophene rings is 1. The second kappa shape index (κ2) is 6.09. The maximum Gasteiger partial charge on any atom is 0.248 e. The first-order chi connectivity index (χ1) is 11.7. The Morgan fingerprint density at radius 3 is 2.83 bits per heavy atom. The first kappa shape index (κ1) is 14.9. The number of aromatic nitrogens is 2. The lowest BCUT2D eigenvalue weighted by Gasteiger charge is -2.22. The van der Waals surface area contributed by atoms with Gasteiger partial charge >= 0.3 is 0 Å². The number of anilines is 3. The van der Waals surface area contributed by atoms with Crippen LogP contribution >= 0.6 is 11.3 Å². The van der Waals surface area contributed by atoms with E-state index in [0.29, 0.717) is 5.56 Å². The number of fused-ring (bicyclic) bond motifs is 1. The molecule has 4 rings (SSSR count). The second-order valence-electron chi connectivity index (χ2n) is 5.77. The van der Waals surface area contributed by atoms with Crippen LogP contribution in [-0.4, -0.2) is 29.0 Å². The lowest BCUT2D eigenvalue weighted by molar-refractivity contribution is 0.100. The summed E-state index contributed by atoms with van der Waals surface area (Å²) in [6.07, 6.45) is 3.87. The Labute approximate surface area is 143 Å². The summed E-state index contributed by atoms with van der Waals surface area (Å²) in [5, 5.41) is 5.41. The van der Waals surface area contributed by atoms with Crippen molar-refractivity contribution in [2.24, 2.45) is 5.73 Å². The quantitative estimate of drug-likeness (QED) is 0.763. The van der Waals surface area contributed by atoms with Gasteiger partial charge in [-0.1, -0.05) is 0 Å². The van der Waals surface area contributed by atoms with Gasteiger partial charge in [-0.2, -0.15) is 0 Å². The molecule has 0 bridgehead atoms. The predicted molar refractivity (Wildman–Crippen MR) is 97.1 cm³/mol. The molecule has 7 heteroatoms. The second-order valence-corrected chi connectivity index (χ2v) is 6.69. The molecule has 24 heavy (non-hydrogen) atoms. The van der Waals surface area contributed by atoms with Gasteiger partial charge < -0.3 is 16.0 Å². The minimum atomic E-state index is -0.412. The molecule has 3 heterocycles. The third-order valence-electron chi connectivity index (χ3n) is 4.23. The molecule has 1 aromatic carbocycles. The minimum Gasteiger partial charge on any atom is -0.370 e. The molecule has 3 N–H and O–H groups in total. The van der Waals surface area contributed by atoms with Gasteiger partial charge in [0.15, 0.2) is 5.82 Å². The van der Waals surface area contributed by atoms with E-state index in [4.69, 9.17) is 5.73 Å². The Hall–Kier alpha value is -2.67. The molecule has 0 radical (unpaired) electrons. The summed E-state index contributed by atoms with van der Waals surface area (Å²) < 4.78 is 1.02. The number of hydrogen-bond acceptors (Lipinski definition) is 6. The van der Waals surface area contributed by atoms with Gasteiger partial charge in [0, 0.05) is 18.7 Å². The number of rotatable bonds is 4. The van der Waals surface area contributed by atoms with Crippen LogP contribution in [0.2, 0.25) is 0 Å². The Bertz CT molecular complexity index is 901. The average Bonchev–Trinajstić information content (AvgIpc) is 3.27. The van der Waals surface area contributed by atoms with E-state index >= 15 is 0 Å². The highest BCUT2D eigenvalue weighted by molar-refractivity contribution is 7.17. The van der Waals surface area contributed by atoms with Crippen LogP contribution in [0.5, 0.6) is 0 Å². The zero-order valence-corrected chi connectivity index (χ0v) is 13.8. The van der Waals surface area contributed by atoms with Crippen LogP contribution in [0, 0.1) is 0 Å². The Kier molecular flexibility index (Phi) is 3.78. The minimum absolute atomic E-state index is 0.412. The van der Waals surface area contributed by atoms with Crippen molar-refractivity contribution in [3.63, 3.8) is 0 Å². The number of nitrogens with zero attached hydrogens (tertiary/aromatic N) is 3. The molecular formula is C17H17N5OS. The Morgan fingerprint density at radius 1 is 1.21 bits per heavy atom. The van der Waals surface area contributed by atoms with E-state index in [1.165, 1.54) is 0 Å². The molecule has 3 aromatic rings. The highest BCUT2D eigenvalue weighted by atomic mass is 32.1. The van der Waals surface area contributed by atoms with Gasteiger partial charge in [0.05, 0.1) is 21.6 Å². The molecule has 2 aromatic heterocycles. The summed E-state index contributed by atoms with van der Waals surface area (Å²) in [5.74, 6) is 0.368. The number of carbonyl (C=O) groups is 1. The molecule has 1 aliphatic heterocycles. The third-order valence-corrected chi connectivity index (χ3v) is 5.14. The van der Waals surface area contributed by atoms with Gasteiger partial charge in [0.25, 0.3) is 0 Å². The molecule has 1 aliphatic rings. The first-order valence-electron chi connectivity index (χ1n) is 7.86. The molecule has 0 atom stereocenters. The molecule has 6 nitrogen and oxygen atoms in total. The Balaban J connectivity index is 1.76. The van der Waals surface area contributed by atoms with Crippen molar-refractivity contribution in [3.8, 4) is 0 Å². The summed E-state index contributed by atoms with van der Waals surface area (Å²) in [4.78, 5) is 22.5. The maximum absolute atomic E-state index is 11.5. The van der Waals surface area contributed by atoms with Gasteiger partial charge in [-0.15, -0.1) is 11.3 Å². The van der Waals surface area contributed by atoms with Crippen LogP contribution in [0.15, 0.2) is 36.0 Å². The molecule has 1 amide bonds. The molecule has 0 unspecified atom stereocenters. The van der Waals surface area contributed by atoms with Gasteiger partial charge in [0.2, 0.25) is 5.91 Å². The van der Waals surface area contributed by atoms with Crippen molar-refractivity contribution in [1.29, 1.82) is 0 Å². The molecule has 0 aliphatic carbocycles. The predicted octanol–water partition coefficient (Wildman–Crippen LogP) is 3.13. The number of amides is 1. The van der Waals surface area contributed by atoms with E-state index in [1.54, 1.807) is 23.7 Å². The van der Waals surface area contributed by atoms with Crippen LogP contribution < -0.4 is 16.0 Å². The molecule has 0 saturated carbocycles. The Morgan fingerprint density at radius 2 is 2.04 bits per heavy atom. The van der Waals surface area contributed by atoms with Crippen LogP contribution in [0.4, 0.5) is 17.2 Å². The van der Waals surface area contributed by atoms with Gasteiger partial charge in [-0.3, -0.25) is 4.79 Å². The monoisotopic (exact) mass is 339 g/mol. The highest BCUT2D eigenvalue weighted by Gasteiger charge is 2.18. The van der Waals surface area contributed by atoms with Crippen molar-refractivity contribution in [2.45, 2.75) is 12.8 Å². The van der Waals surface area contributed by atoms with E-state index in [1.807, 2.05) is 23.6 Å². The topological polar surface area (TPSA) is 84.1 Å². The lowest BCUT2D eigenvalue weighted by atomic mass is 10.1. The molecular weight excluding hydrogens is 322 g/mol. The highest BCUT2D eigenvalue weighted by Crippen LogP contribution is 2.34. The molecule has 0 spiro atoms. The maximum atomic E-state index is 11.5. The fraction of sp³-hybridized carbons (Fsp3) is 0.235. The summed E-state index contributed by atoms with van der Waals surface area (Å²) in [6.45, 7) is 1.96. The fourth-order valence-electron chi connectivity index (χ4n) is 3.02. The summed E-state index contributed by atoms with van der Waals surface area (Å²) in [6, 6.07) is 7.49. The summed E-state index contributed by atoms with van der Waals surface area (Å²) >= 11 is 1.60. The summed E-state index contributed by atoms with van der Waals surface area (Å²) in [7, 11) is 0. The van der Waals surface area contributed by atoms with E-state index in [0.717, 1.165) is 53.3 Å². The first-order valence-corrected chi connectivity index (χ1v) is 8.74. The SMILES string of the molecule is NC(=O)c1ccc(Nc2ncnc3ccsc23)c(N2CCCC2)c1. The number of hydrogen-bond donors (Lipinski definition) is 2. The molecule has 1 fully saturated rings. The van der Waals surface area contributed by atoms with E-state index in [-0.39, 0.29) is 0 Å². The number of nitrogens with one attached hydrogen (secondary N) is 1. The van der Waals surface area contributed by atoms with Crippen LogP contribution in [0.25, 0.3) is 10.2 Å². The van der Waals surface area contributed by atoms with Crippen LogP contribution in [0.3, 0.4) is 0 Å². The fourth-order valence-corrected chi connectivity index (χ4v) is 3.81. The van der Waals surface area contributed by atoms with Gasteiger partial charge in [0.1, 0.15) is 6.33 Å². The van der Waals surface area contributed by atoms with Crippen molar-refractivity contribution < 1.29 is 4.79 Å². The largest absolute Gasteiger partial charge is 0.370 e. The number of primary amides is 1. The zero-order chi connectivity index (χ0) is 16.5.